The normalized spacial score (nSPS) is 11.5. The highest BCUT2D eigenvalue weighted by atomic mass is 16.7. The van der Waals surface area contributed by atoms with E-state index in [0.717, 1.165) is 0 Å². The van der Waals surface area contributed by atoms with E-state index >= 15 is 0 Å². The second-order valence-electron chi connectivity index (χ2n) is 5.58. The lowest BCUT2D eigenvalue weighted by Gasteiger charge is -2.27. The van der Waals surface area contributed by atoms with Crippen molar-refractivity contribution in [3.05, 3.63) is 71.8 Å². The molecular weight excluding hydrogens is 366 g/mol. The third-order valence-electron chi connectivity index (χ3n) is 3.56. The van der Waals surface area contributed by atoms with Crippen LogP contribution in [-0.4, -0.2) is 49.8 Å². The SMILES string of the molecule is CN(C)C(=O)[C@@H](c1ccccc1)[C@@H](OC=O)OC(=O)c1ccccc1.O=C=O. The number of hydrogen-bond acceptors (Lipinski definition) is 7. The average Bonchev–Trinajstić information content (AvgIpc) is 2.70. The molecule has 2 rings (SSSR count). The van der Waals surface area contributed by atoms with Crippen molar-refractivity contribution >= 4 is 24.5 Å². The number of ether oxygens (including phenoxy) is 2. The molecule has 0 aromatic heterocycles. The highest BCUT2D eigenvalue weighted by Gasteiger charge is 2.35. The van der Waals surface area contributed by atoms with Crippen LogP contribution in [0.2, 0.25) is 0 Å². The minimum atomic E-state index is -1.37. The van der Waals surface area contributed by atoms with Gasteiger partial charge in [-0.25, -0.2) is 4.79 Å². The molecule has 1 amide bonds. The van der Waals surface area contributed by atoms with Crippen molar-refractivity contribution in [1.29, 1.82) is 0 Å². The Morgan fingerprint density at radius 1 is 0.964 bits per heavy atom. The van der Waals surface area contributed by atoms with Gasteiger partial charge in [-0.2, -0.15) is 9.59 Å². The van der Waals surface area contributed by atoms with Crippen molar-refractivity contribution in [2.24, 2.45) is 0 Å². The summed E-state index contributed by atoms with van der Waals surface area (Å²) in [6.45, 7) is 0.168. The Morgan fingerprint density at radius 3 is 1.93 bits per heavy atom. The molecule has 0 saturated heterocycles. The molecule has 8 nitrogen and oxygen atoms in total. The molecule has 8 heteroatoms. The smallest absolute Gasteiger partial charge is 0.373 e. The number of rotatable bonds is 7. The van der Waals surface area contributed by atoms with E-state index in [0.29, 0.717) is 11.1 Å². The van der Waals surface area contributed by atoms with E-state index < -0.39 is 18.2 Å². The number of nitrogens with zero attached hydrogens (tertiary/aromatic N) is 1. The number of carbonyl (C=O) groups excluding carboxylic acids is 5. The molecule has 146 valence electrons. The fourth-order valence-corrected chi connectivity index (χ4v) is 2.33. The maximum Gasteiger partial charge on any atom is 0.373 e. The Hall–Kier alpha value is -3.77. The van der Waals surface area contributed by atoms with Gasteiger partial charge in [0.15, 0.2) is 0 Å². The zero-order chi connectivity index (χ0) is 20.9. The van der Waals surface area contributed by atoms with Crippen LogP contribution in [0.15, 0.2) is 60.7 Å². The number of likely N-dealkylation sites (N-methyl/N-ethyl adjacent to an activating group) is 1. The molecule has 0 fully saturated rings. The van der Waals surface area contributed by atoms with Crippen molar-refractivity contribution in [2.75, 3.05) is 14.1 Å². The molecule has 0 saturated carbocycles. The first-order valence-electron chi connectivity index (χ1n) is 8.06. The van der Waals surface area contributed by atoms with Crippen molar-refractivity contribution in [2.45, 2.75) is 12.2 Å². The molecule has 2 atom stereocenters. The van der Waals surface area contributed by atoms with Crippen LogP contribution in [0.4, 0.5) is 0 Å². The second-order valence-corrected chi connectivity index (χ2v) is 5.58. The van der Waals surface area contributed by atoms with E-state index in [1.807, 2.05) is 0 Å². The van der Waals surface area contributed by atoms with Crippen LogP contribution in [0.1, 0.15) is 21.8 Å². The highest BCUT2D eigenvalue weighted by molar-refractivity contribution is 5.90. The van der Waals surface area contributed by atoms with E-state index in [9.17, 15) is 14.4 Å². The van der Waals surface area contributed by atoms with Crippen LogP contribution >= 0.6 is 0 Å². The van der Waals surface area contributed by atoms with Gasteiger partial charge >= 0.3 is 12.1 Å². The summed E-state index contributed by atoms with van der Waals surface area (Å²) in [7, 11) is 3.16. The van der Waals surface area contributed by atoms with Gasteiger partial charge in [-0.1, -0.05) is 48.5 Å². The summed E-state index contributed by atoms with van der Waals surface area (Å²) in [6.07, 6.45) is -1.12. The van der Waals surface area contributed by atoms with Gasteiger partial charge in [-0.15, -0.1) is 0 Å². The van der Waals surface area contributed by atoms with Crippen molar-refractivity contribution in [3.63, 3.8) is 0 Å². The molecular formula is C20H19NO7. The topological polar surface area (TPSA) is 107 Å². The first-order valence-corrected chi connectivity index (χ1v) is 8.06. The van der Waals surface area contributed by atoms with Gasteiger partial charge in [0.25, 0.3) is 12.8 Å². The standard InChI is InChI=1S/C19H19NO5.CO2/c1-20(2)17(22)16(14-9-5-3-6-10-14)19(24-13-21)25-18(23)15-11-7-4-8-12-15;2-1-3/h3-13,16,19H,1-2H3;/t16-,19+;/m1./s1. The van der Waals surface area contributed by atoms with Crippen molar-refractivity contribution in [1.82, 2.24) is 4.90 Å². The number of benzene rings is 2. The lowest BCUT2D eigenvalue weighted by atomic mass is 9.97. The van der Waals surface area contributed by atoms with Gasteiger partial charge in [0.05, 0.1) is 5.56 Å². The second kappa shape index (κ2) is 11.8. The highest BCUT2D eigenvalue weighted by Crippen LogP contribution is 2.25. The number of amides is 1. The molecule has 2 aromatic rings. The third-order valence-corrected chi connectivity index (χ3v) is 3.56. The van der Waals surface area contributed by atoms with Crippen LogP contribution in [0.25, 0.3) is 0 Å². The molecule has 0 radical (unpaired) electrons. The van der Waals surface area contributed by atoms with E-state index in [1.54, 1.807) is 74.8 Å². The Balaban J connectivity index is 0.00000122. The zero-order valence-electron chi connectivity index (χ0n) is 15.3. The van der Waals surface area contributed by atoms with Gasteiger partial charge in [0, 0.05) is 14.1 Å². The molecule has 0 bridgehead atoms. The summed E-state index contributed by atoms with van der Waals surface area (Å²) in [5.74, 6) is -1.99. The van der Waals surface area contributed by atoms with Gasteiger partial charge in [0.2, 0.25) is 5.91 Å². The zero-order valence-corrected chi connectivity index (χ0v) is 15.3. The fraction of sp³-hybridized carbons (Fsp3) is 0.200. The first kappa shape index (κ1) is 22.3. The summed E-state index contributed by atoms with van der Waals surface area (Å²) >= 11 is 0. The van der Waals surface area contributed by atoms with E-state index in [4.69, 9.17) is 19.1 Å². The number of esters is 1. The molecule has 0 heterocycles. The van der Waals surface area contributed by atoms with Crippen LogP contribution in [0.5, 0.6) is 0 Å². The predicted molar refractivity (Wildman–Crippen MR) is 95.7 cm³/mol. The lowest BCUT2D eigenvalue weighted by molar-refractivity contribution is -0.191. The molecule has 0 aliphatic rings. The van der Waals surface area contributed by atoms with Crippen LogP contribution in [0.3, 0.4) is 0 Å². The molecule has 0 aliphatic carbocycles. The molecule has 0 unspecified atom stereocenters. The van der Waals surface area contributed by atoms with Crippen LogP contribution < -0.4 is 0 Å². The number of hydrogen-bond donors (Lipinski definition) is 0. The quantitative estimate of drug-likeness (QED) is 0.405. The van der Waals surface area contributed by atoms with E-state index in [2.05, 4.69) is 0 Å². The summed E-state index contributed by atoms with van der Waals surface area (Å²) < 4.78 is 10.3. The van der Waals surface area contributed by atoms with E-state index in [-0.39, 0.29) is 18.5 Å². The molecule has 28 heavy (non-hydrogen) atoms. The number of carbonyl (C=O) groups is 3. The van der Waals surface area contributed by atoms with Gasteiger partial charge in [-0.3, -0.25) is 9.59 Å². The summed E-state index contributed by atoms with van der Waals surface area (Å²) in [5.41, 5.74) is 0.875. The summed E-state index contributed by atoms with van der Waals surface area (Å²) in [5, 5.41) is 0. The molecule has 0 spiro atoms. The van der Waals surface area contributed by atoms with Gasteiger partial charge < -0.3 is 14.4 Å². The Labute approximate surface area is 161 Å². The summed E-state index contributed by atoms with van der Waals surface area (Å²) in [6, 6.07) is 17.0. The average molecular weight is 385 g/mol. The fourth-order valence-electron chi connectivity index (χ4n) is 2.33. The first-order chi connectivity index (χ1) is 13.5. The third kappa shape index (κ3) is 6.51. The van der Waals surface area contributed by atoms with Gasteiger partial charge in [-0.05, 0) is 17.7 Å². The monoisotopic (exact) mass is 385 g/mol. The van der Waals surface area contributed by atoms with Crippen molar-refractivity contribution < 1.29 is 33.4 Å². The van der Waals surface area contributed by atoms with Crippen LogP contribution in [0, 0.1) is 0 Å². The largest absolute Gasteiger partial charge is 0.426 e. The van der Waals surface area contributed by atoms with Crippen LogP contribution in [-0.2, 0) is 28.7 Å². The van der Waals surface area contributed by atoms with Gasteiger partial charge in [0.1, 0.15) is 5.92 Å². The molecule has 0 N–H and O–H groups in total. The molecule has 0 aliphatic heterocycles. The summed E-state index contributed by atoms with van der Waals surface area (Å²) in [4.78, 5) is 53.5. The Kier molecular flexibility index (Phi) is 9.36. The Morgan fingerprint density at radius 2 is 1.46 bits per heavy atom. The van der Waals surface area contributed by atoms with Crippen molar-refractivity contribution in [3.8, 4) is 0 Å². The van der Waals surface area contributed by atoms with E-state index in [1.165, 1.54) is 4.90 Å². The predicted octanol–water partition coefficient (Wildman–Crippen LogP) is 1.63. The minimum absolute atomic E-state index is 0.168. The lowest BCUT2D eigenvalue weighted by Crippen LogP contribution is -2.39. The minimum Gasteiger partial charge on any atom is -0.426 e. The Bertz CT molecular complexity index is 800. The maximum absolute atomic E-state index is 12.6. The maximum atomic E-state index is 12.6. The molecule has 2 aromatic carbocycles.